The smallest absolute Gasteiger partial charge is 0.242 e. The van der Waals surface area contributed by atoms with Crippen molar-refractivity contribution in [3.63, 3.8) is 0 Å². The van der Waals surface area contributed by atoms with Gasteiger partial charge in [0.15, 0.2) is 5.11 Å². The summed E-state index contributed by atoms with van der Waals surface area (Å²) in [7, 11) is 1.62. The number of carbonyl (C=O) groups excluding carboxylic acids is 1. The summed E-state index contributed by atoms with van der Waals surface area (Å²) >= 11 is 5.19. The summed E-state index contributed by atoms with van der Waals surface area (Å²) in [5, 5.41) is 3.35. The predicted molar refractivity (Wildman–Crippen MR) is 103 cm³/mol. The summed E-state index contributed by atoms with van der Waals surface area (Å²) in [6.45, 7) is 2.06. The van der Waals surface area contributed by atoms with Crippen LogP contribution in [-0.2, 0) is 4.79 Å². The minimum Gasteiger partial charge on any atom is -0.497 e. The molecule has 0 bridgehead atoms. The molecule has 2 aromatic carbocycles. The Morgan fingerprint density at radius 1 is 1.08 bits per heavy atom. The van der Waals surface area contributed by atoms with E-state index in [0.717, 1.165) is 17.9 Å². The summed E-state index contributed by atoms with van der Waals surface area (Å²) in [5.41, 5.74) is 8.69. The lowest BCUT2D eigenvalue weighted by atomic mass is 10.1. The minimum absolute atomic E-state index is 0.000933. The van der Waals surface area contributed by atoms with Crippen molar-refractivity contribution in [3.05, 3.63) is 59.7 Å². The maximum atomic E-state index is 12.2. The SMILES string of the molecule is COc1ccc(NC(=S)NNC(=O)[C@@H]2C[C@H]2c2ccc(C)cc2)cc1. The monoisotopic (exact) mass is 355 g/mol. The van der Waals surface area contributed by atoms with Crippen molar-refractivity contribution < 1.29 is 9.53 Å². The zero-order valence-electron chi connectivity index (χ0n) is 14.2. The Hall–Kier alpha value is -2.60. The van der Waals surface area contributed by atoms with E-state index < -0.39 is 0 Å². The fourth-order valence-electron chi connectivity index (χ4n) is 2.71. The number of hydrogen-bond donors (Lipinski definition) is 3. The van der Waals surface area contributed by atoms with Gasteiger partial charge in [0.25, 0.3) is 0 Å². The number of aryl methyl sites for hydroxylation is 1. The van der Waals surface area contributed by atoms with E-state index in [1.165, 1.54) is 11.1 Å². The quantitative estimate of drug-likeness (QED) is 0.581. The standard InChI is InChI=1S/C19H21N3O2S/c1-12-3-5-13(6-4-12)16-11-17(16)18(23)21-22-19(25)20-14-7-9-15(24-2)10-8-14/h3-10,16-17H,11H2,1-2H3,(H,21,23)(H2,20,22,25)/t16-,17+/m0/s1. The molecule has 3 rings (SSSR count). The maximum absolute atomic E-state index is 12.2. The zero-order chi connectivity index (χ0) is 17.8. The molecule has 0 heterocycles. The zero-order valence-corrected chi connectivity index (χ0v) is 15.0. The van der Waals surface area contributed by atoms with E-state index in [4.69, 9.17) is 17.0 Å². The Kier molecular flexibility index (Phi) is 5.19. The second-order valence-corrected chi connectivity index (χ2v) is 6.56. The van der Waals surface area contributed by atoms with Gasteiger partial charge in [0.1, 0.15) is 5.75 Å². The molecule has 0 radical (unpaired) electrons. The normalized spacial score (nSPS) is 18.2. The van der Waals surface area contributed by atoms with Crippen molar-refractivity contribution in [3.8, 4) is 5.75 Å². The molecule has 0 unspecified atom stereocenters. The third-order valence-electron chi connectivity index (χ3n) is 4.28. The Bertz CT molecular complexity index is 759. The number of thiocarbonyl (C=S) groups is 1. The van der Waals surface area contributed by atoms with Crippen LogP contribution in [0.2, 0.25) is 0 Å². The molecule has 1 saturated carbocycles. The molecule has 1 fully saturated rings. The van der Waals surface area contributed by atoms with Gasteiger partial charge in [-0.15, -0.1) is 0 Å². The number of nitrogens with one attached hydrogen (secondary N) is 3. The van der Waals surface area contributed by atoms with E-state index in [1.807, 2.05) is 24.3 Å². The fraction of sp³-hybridized carbons (Fsp3) is 0.263. The van der Waals surface area contributed by atoms with Gasteiger partial charge < -0.3 is 10.1 Å². The first kappa shape index (κ1) is 17.2. The second kappa shape index (κ2) is 7.53. The largest absolute Gasteiger partial charge is 0.497 e. The lowest BCUT2D eigenvalue weighted by Gasteiger charge is -2.12. The summed E-state index contributed by atoms with van der Waals surface area (Å²) in [4.78, 5) is 12.2. The molecule has 130 valence electrons. The summed E-state index contributed by atoms with van der Waals surface area (Å²) in [6.07, 6.45) is 0.870. The number of ether oxygens (including phenoxy) is 1. The number of rotatable bonds is 4. The Balaban J connectivity index is 1.44. The molecule has 6 heteroatoms. The van der Waals surface area contributed by atoms with Crippen molar-refractivity contribution in [2.45, 2.75) is 19.3 Å². The second-order valence-electron chi connectivity index (χ2n) is 6.16. The Labute approximate surface area is 152 Å². The Morgan fingerprint density at radius 3 is 2.40 bits per heavy atom. The van der Waals surface area contributed by atoms with Gasteiger partial charge in [-0.05, 0) is 61.3 Å². The van der Waals surface area contributed by atoms with Gasteiger partial charge in [-0.25, -0.2) is 0 Å². The first-order valence-corrected chi connectivity index (χ1v) is 8.55. The Morgan fingerprint density at radius 2 is 1.76 bits per heavy atom. The highest BCUT2D eigenvalue weighted by atomic mass is 32.1. The van der Waals surface area contributed by atoms with Gasteiger partial charge in [-0.1, -0.05) is 29.8 Å². The predicted octanol–water partition coefficient (Wildman–Crippen LogP) is 3.12. The highest BCUT2D eigenvalue weighted by Crippen LogP contribution is 2.47. The first-order valence-electron chi connectivity index (χ1n) is 8.14. The average Bonchev–Trinajstić information content (AvgIpc) is 3.42. The fourth-order valence-corrected chi connectivity index (χ4v) is 2.88. The van der Waals surface area contributed by atoms with Gasteiger partial charge >= 0.3 is 0 Å². The van der Waals surface area contributed by atoms with Crippen molar-refractivity contribution in [1.82, 2.24) is 10.9 Å². The summed E-state index contributed by atoms with van der Waals surface area (Å²) < 4.78 is 5.11. The van der Waals surface area contributed by atoms with Crippen LogP contribution in [0.3, 0.4) is 0 Å². The number of amides is 1. The average molecular weight is 355 g/mol. The van der Waals surface area contributed by atoms with E-state index in [1.54, 1.807) is 7.11 Å². The van der Waals surface area contributed by atoms with Crippen LogP contribution in [-0.4, -0.2) is 18.1 Å². The van der Waals surface area contributed by atoms with Crippen LogP contribution in [0, 0.1) is 12.8 Å². The topological polar surface area (TPSA) is 62.4 Å². The molecule has 2 atom stereocenters. The lowest BCUT2D eigenvalue weighted by Crippen LogP contribution is -2.44. The highest BCUT2D eigenvalue weighted by molar-refractivity contribution is 7.80. The van der Waals surface area contributed by atoms with E-state index >= 15 is 0 Å². The molecule has 1 aliphatic carbocycles. The van der Waals surface area contributed by atoms with Crippen LogP contribution in [0.4, 0.5) is 5.69 Å². The molecule has 0 aromatic heterocycles. The molecule has 25 heavy (non-hydrogen) atoms. The molecule has 1 aliphatic rings. The van der Waals surface area contributed by atoms with Gasteiger partial charge in [0.05, 0.1) is 7.11 Å². The van der Waals surface area contributed by atoms with Gasteiger partial charge in [-0.2, -0.15) is 0 Å². The van der Waals surface area contributed by atoms with E-state index in [2.05, 4.69) is 47.4 Å². The van der Waals surface area contributed by atoms with Crippen LogP contribution in [0.15, 0.2) is 48.5 Å². The van der Waals surface area contributed by atoms with Gasteiger partial charge in [0.2, 0.25) is 5.91 Å². The molecule has 0 spiro atoms. The number of hydrogen-bond acceptors (Lipinski definition) is 3. The molecule has 1 amide bonds. The van der Waals surface area contributed by atoms with Crippen molar-refractivity contribution in [2.24, 2.45) is 5.92 Å². The van der Waals surface area contributed by atoms with E-state index in [0.29, 0.717) is 11.0 Å². The third-order valence-corrected chi connectivity index (χ3v) is 4.48. The molecule has 0 aliphatic heterocycles. The van der Waals surface area contributed by atoms with Crippen LogP contribution in [0.5, 0.6) is 5.75 Å². The molecule has 2 aromatic rings. The van der Waals surface area contributed by atoms with E-state index in [-0.39, 0.29) is 11.8 Å². The number of hydrazine groups is 1. The maximum Gasteiger partial charge on any atom is 0.242 e. The summed E-state index contributed by atoms with van der Waals surface area (Å²) in [5.74, 6) is 1.03. The van der Waals surface area contributed by atoms with Gasteiger partial charge in [0, 0.05) is 11.6 Å². The van der Waals surface area contributed by atoms with Crippen molar-refractivity contribution in [2.75, 3.05) is 12.4 Å². The van der Waals surface area contributed by atoms with Crippen LogP contribution in [0.1, 0.15) is 23.5 Å². The third kappa shape index (κ3) is 4.48. The summed E-state index contributed by atoms with van der Waals surface area (Å²) in [6, 6.07) is 15.7. The molecular formula is C19H21N3O2S. The number of anilines is 1. The molecule has 5 nitrogen and oxygen atoms in total. The number of methoxy groups -OCH3 is 1. The highest BCUT2D eigenvalue weighted by Gasteiger charge is 2.43. The number of carbonyl (C=O) groups is 1. The minimum atomic E-state index is -0.0375. The van der Waals surface area contributed by atoms with Crippen LogP contribution in [0.25, 0.3) is 0 Å². The molecule has 0 saturated heterocycles. The van der Waals surface area contributed by atoms with Crippen molar-refractivity contribution >= 4 is 28.9 Å². The van der Waals surface area contributed by atoms with Crippen molar-refractivity contribution in [1.29, 1.82) is 0 Å². The van der Waals surface area contributed by atoms with Gasteiger partial charge in [-0.3, -0.25) is 15.6 Å². The van der Waals surface area contributed by atoms with Crippen LogP contribution >= 0.6 is 12.2 Å². The lowest BCUT2D eigenvalue weighted by molar-refractivity contribution is -0.122. The first-order chi connectivity index (χ1) is 12.1. The molecule has 3 N–H and O–H groups in total. The van der Waals surface area contributed by atoms with E-state index in [9.17, 15) is 4.79 Å². The molecular weight excluding hydrogens is 334 g/mol. The van der Waals surface area contributed by atoms with Crippen LogP contribution < -0.4 is 20.9 Å². The number of benzene rings is 2.